The third-order valence-electron chi connectivity index (χ3n) is 5.44. The van der Waals surface area contributed by atoms with E-state index in [0.29, 0.717) is 39.9 Å². The van der Waals surface area contributed by atoms with Gasteiger partial charge in [-0.1, -0.05) is 76.5 Å². The molecule has 3 aromatic carbocycles. The number of halogens is 3. The molecule has 0 bridgehead atoms. The molecule has 0 aliphatic carbocycles. The molecule has 172 valence electrons. The van der Waals surface area contributed by atoms with Crippen molar-refractivity contribution in [2.45, 2.75) is 29.3 Å². The van der Waals surface area contributed by atoms with Gasteiger partial charge in [0.25, 0.3) is 0 Å². The smallest absolute Gasteiger partial charge is 0.176 e. The van der Waals surface area contributed by atoms with Gasteiger partial charge in [0.1, 0.15) is 11.6 Å². The Morgan fingerprint density at radius 1 is 1.06 bits per heavy atom. The molecular formula is C25H19Cl2FN4OS. The molecule has 0 amide bonds. The van der Waals surface area contributed by atoms with Crippen molar-refractivity contribution in [2.75, 3.05) is 6.61 Å². The number of nitrogens with one attached hydrogen (secondary N) is 1. The van der Waals surface area contributed by atoms with Crippen LogP contribution in [0.5, 0.6) is 0 Å². The van der Waals surface area contributed by atoms with E-state index in [1.54, 1.807) is 12.1 Å². The van der Waals surface area contributed by atoms with Crippen molar-refractivity contribution in [3.05, 3.63) is 93.2 Å². The molecule has 1 unspecified atom stereocenters. The highest BCUT2D eigenvalue weighted by molar-refractivity contribution is 7.99. The molecule has 5 nitrogen and oxygen atoms in total. The van der Waals surface area contributed by atoms with Crippen LogP contribution in [0.3, 0.4) is 0 Å². The van der Waals surface area contributed by atoms with Crippen molar-refractivity contribution in [3.63, 3.8) is 0 Å². The molecule has 1 N–H and O–H groups in total. The molecule has 0 saturated carbocycles. The fourth-order valence-electron chi connectivity index (χ4n) is 3.77. The Balaban J connectivity index is 1.52. The van der Waals surface area contributed by atoms with Gasteiger partial charge >= 0.3 is 0 Å². The zero-order valence-corrected chi connectivity index (χ0v) is 20.4. The van der Waals surface area contributed by atoms with Crippen LogP contribution in [0, 0.1) is 12.7 Å². The third-order valence-corrected chi connectivity index (χ3v) is 7.10. The molecule has 34 heavy (non-hydrogen) atoms. The lowest BCUT2D eigenvalue weighted by Crippen LogP contribution is -2.43. The van der Waals surface area contributed by atoms with Gasteiger partial charge in [0.15, 0.2) is 11.7 Å². The molecule has 9 heteroatoms. The van der Waals surface area contributed by atoms with Crippen molar-refractivity contribution < 1.29 is 9.23 Å². The maximum atomic E-state index is 14.7. The van der Waals surface area contributed by atoms with Gasteiger partial charge in [-0.15, -0.1) is 10.2 Å². The standard InChI is InChI=1S/C25H19Cl2FN4OS/c1-14-9-10-15(19(27)11-14)12-16-13-33-32-24(29-16)22-17-5-2-3-7-20(17)30-31-25(22)34-21-8-4-6-18(26)23(21)28/h2-11,16H,12-13H2,1H3,(H,29,32). The molecule has 2 heterocycles. The molecule has 1 aromatic heterocycles. The van der Waals surface area contributed by atoms with E-state index in [2.05, 4.69) is 20.7 Å². The first-order chi connectivity index (χ1) is 16.5. The maximum absolute atomic E-state index is 14.7. The Morgan fingerprint density at radius 2 is 1.91 bits per heavy atom. The highest BCUT2D eigenvalue weighted by Gasteiger charge is 2.25. The predicted molar refractivity (Wildman–Crippen MR) is 134 cm³/mol. The monoisotopic (exact) mass is 512 g/mol. The second-order valence-electron chi connectivity index (χ2n) is 7.93. The molecule has 1 aliphatic heterocycles. The summed E-state index contributed by atoms with van der Waals surface area (Å²) >= 11 is 13.6. The van der Waals surface area contributed by atoms with Gasteiger partial charge in [-0.05, 0) is 48.7 Å². The normalized spacial score (nSPS) is 15.5. The van der Waals surface area contributed by atoms with Crippen molar-refractivity contribution in [1.82, 2.24) is 15.5 Å². The maximum Gasteiger partial charge on any atom is 0.176 e. The Labute approximate surface area is 210 Å². The third kappa shape index (κ3) is 4.69. The molecular weight excluding hydrogens is 494 g/mol. The first kappa shape index (κ1) is 22.9. The van der Waals surface area contributed by atoms with Gasteiger partial charge in [0.05, 0.1) is 27.0 Å². The van der Waals surface area contributed by atoms with Gasteiger partial charge < -0.3 is 10.2 Å². The van der Waals surface area contributed by atoms with Crippen LogP contribution in [-0.4, -0.2) is 28.7 Å². The van der Waals surface area contributed by atoms with Crippen molar-refractivity contribution >= 4 is 51.7 Å². The Kier molecular flexibility index (Phi) is 6.59. The molecule has 1 atom stereocenters. The minimum atomic E-state index is -0.503. The van der Waals surface area contributed by atoms with E-state index in [9.17, 15) is 4.39 Å². The quantitative estimate of drug-likeness (QED) is 0.334. The van der Waals surface area contributed by atoms with Gasteiger partial charge in [0, 0.05) is 10.4 Å². The number of fused-ring (bicyclic) bond motifs is 1. The summed E-state index contributed by atoms with van der Waals surface area (Å²) in [5.41, 5.74) is 3.51. The van der Waals surface area contributed by atoms with E-state index >= 15 is 0 Å². The van der Waals surface area contributed by atoms with E-state index in [4.69, 9.17) is 28.0 Å². The van der Waals surface area contributed by atoms with E-state index in [1.165, 1.54) is 6.07 Å². The van der Waals surface area contributed by atoms with Crippen molar-refractivity contribution in [1.29, 1.82) is 0 Å². The molecule has 0 spiro atoms. The number of aryl methyl sites for hydroxylation is 1. The number of nitrogens with zero attached hydrogens (tertiary/aromatic N) is 3. The zero-order chi connectivity index (χ0) is 23.7. The minimum Gasteiger partial charge on any atom is -0.392 e. The van der Waals surface area contributed by atoms with E-state index in [-0.39, 0.29) is 11.1 Å². The largest absolute Gasteiger partial charge is 0.392 e. The fraction of sp³-hybridized carbons (Fsp3) is 0.160. The summed E-state index contributed by atoms with van der Waals surface area (Å²) in [6, 6.07) is 18.4. The van der Waals surface area contributed by atoms with Gasteiger partial charge in [-0.25, -0.2) is 4.39 Å². The van der Waals surface area contributed by atoms with Crippen LogP contribution >= 0.6 is 35.0 Å². The number of hydrogen-bond acceptors (Lipinski definition) is 6. The number of aromatic nitrogens is 2. The van der Waals surface area contributed by atoms with Crippen molar-refractivity contribution in [2.24, 2.45) is 5.16 Å². The summed E-state index contributed by atoms with van der Waals surface area (Å²) in [7, 11) is 0. The van der Waals surface area contributed by atoms with Crippen LogP contribution < -0.4 is 5.32 Å². The second kappa shape index (κ2) is 9.78. The summed E-state index contributed by atoms with van der Waals surface area (Å²) in [6.07, 6.45) is 0.653. The van der Waals surface area contributed by atoms with Crippen molar-refractivity contribution in [3.8, 4) is 0 Å². The molecule has 0 radical (unpaired) electrons. The van der Waals surface area contributed by atoms with E-state index < -0.39 is 5.82 Å². The van der Waals surface area contributed by atoms with Crippen LogP contribution in [0.4, 0.5) is 4.39 Å². The predicted octanol–water partition coefficient (Wildman–Crippen LogP) is 6.43. The Morgan fingerprint density at radius 3 is 2.76 bits per heavy atom. The Hall–Kier alpha value is -2.87. The number of hydrogen-bond donors (Lipinski definition) is 1. The molecule has 0 saturated heterocycles. The number of oxime groups is 1. The van der Waals surface area contributed by atoms with E-state index in [1.807, 2.05) is 49.4 Å². The Bertz CT molecular complexity index is 1420. The number of rotatable bonds is 5. The lowest BCUT2D eigenvalue weighted by Gasteiger charge is -2.25. The topological polar surface area (TPSA) is 59.4 Å². The first-order valence-electron chi connectivity index (χ1n) is 10.6. The fourth-order valence-corrected chi connectivity index (χ4v) is 5.26. The highest BCUT2D eigenvalue weighted by Crippen LogP contribution is 2.35. The molecule has 0 fully saturated rings. The number of amidine groups is 1. The average molecular weight is 513 g/mol. The molecule has 1 aliphatic rings. The van der Waals surface area contributed by atoms with Crippen LogP contribution in [0.25, 0.3) is 10.9 Å². The molecule has 4 aromatic rings. The SMILES string of the molecule is Cc1ccc(CC2CON=C(c3c(Sc4cccc(Cl)c4F)nnc4ccccc34)N2)c(Cl)c1. The summed E-state index contributed by atoms with van der Waals surface area (Å²) in [6.45, 7) is 2.39. The van der Waals surface area contributed by atoms with Gasteiger partial charge in [-0.2, -0.15) is 0 Å². The summed E-state index contributed by atoms with van der Waals surface area (Å²) in [4.78, 5) is 5.96. The zero-order valence-electron chi connectivity index (χ0n) is 18.1. The van der Waals surface area contributed by atoms with Crippen LogP contribution in [0.15, 0.2) is 75.7 Å². The van der Waals surface area contributed by atoms with Gasteiger partial charge in [-0.3, -0.25) is 0 Å². The van der Waals surface area contributed by atoms with Crippen LogP contribution in [0.2, 0.25) is 10.0 Å². The lowest BCUT2D eigenvalue weighted by atomic mass is 10.0. The second-order valence-corrected chi connectivity index (χ2v) is 9.77. The summed E-state index contributed by atoms with van der Waals surface area (Å²) in [5, 5.41) is 18.6. The van der Waals surface area contributed by atoms with E-state index in [0.717, 1.165) is 33.3 Å². The summed E-state index contributed by atoms with van der Waals surface area (Å²) < 4.78 is 14.7. The average Bonchev–Trinajstić information content (AvgIpc) is 2.84. The molecule has 5 rings (SSSR count). The first-order valence-corrected chi connectivity index (χ1v) is 12.2. The van der Waals surface area contributed by atoms with Crippen LogP contribution in [-0.2, 0) is 11.3 Å². The van der Waals surface area contributed by atoms with Crippen LogP contribution in [0.1, 0.15) is 16.7 Å². The summed E-state index contributed by atoms with van der Waals surface area (Å²) in [5.74, 6) is 0.00674. The number of benzene rings is 3. The van der Waals surface area contributed by atoms with Gasteiger partial charge in [0.2, 0.25) is 0 Å². The minimum absolute atomic E-state index is 0.0480. The highest BCUT2D eigenvalue weighted by atomic mass is 35.5. The lowest BCUT2D eigenvalue weighted by molar-refractivity contribution is 0.109.